The first-order valence-corrected chi connectivity index (χ1v) is 10.2. The highest BCUT2D eigenvalue weighted by Gasteiger charge is 2.21. The molecule has 1 aliphatic rings. The second-order valence-electron chi connectivity index (χ2n) is 6.94. The Morgan fingerprint density at radius 3 is 2.38 bits per heavy atom. The summed E-state index contributed by atoms with van der Waals surface area (Å²) < 4.78 is 5.73. The summed E-state index contributed by atoms with van der Waals surface area (Å²) in [5.41, 5.74) is 0.935. The van der Waals surface area contributed by atoms with Gasteiger partial charge in [0.2, 0.25) is 11.8 Å². The Labute approximate surface area is 176 Å². The van der Waals surface area contributed by atoms with Crippen molar-refractivity contribution in [3.63, 3.8) is 0 Å². The zero-order valence-electron chi connectivity index (χ0n) is 16.4. The van der Waals surface area contributed by atoms with Crippen molar-refractivity contribution >= 4 is 23.4 Å². The smallest absolute Gasteiger partial charge is 0.242 e. The number of ether oxygens (including phenoxy) is 1. The van der Waals surface area contributed by atoms with Gasteiger partial charge in [0.15, 0.2) is 0 Å². The van der Waals surface area contributed by atoms with Gasteiger partial charge in [-0.3, -0.25) is 14.5 Å². The maximum absolute atomic E-state index is 12.4. The average Bonchev–Trinajstić information content (AvgIpc) is 2.74. The van der Waals surface area contributed by atoms with Gasteiger partial charge in [-0.05, 0) is 17.7 Å². The van der Waals surface area contributed by atoms with E-state index >= 15 is 0 Å². The molecule has 1 saturated heterocycles. The molecule has 0 atom stereocenters. The van der Waals surface area contributed by atoms with E-state index in [-0.39, 0.29) is 24.8 Å². The standard InChI is InChI=1S/C22H26ClN3O3/c23-19-8-4-5-9-20(19)29-15-14-25-10-12-26(13-11-25)22(28)17-24-21(27)16-18-6-2-1-3-7-18/h1-9H,10-17H2,(H,24,27). The van der Waals surface area contributed by atoms with Crippen LogP contribution in [-0.4, -0.2) is 67.5 Å². The number of carbonyl (C=O) groups is 2. The lowest BCUT2D eigenvalue weighted by atomic mass is 10.1. The molecule has 29 heavy (non-hydrogen) atoms. The molecular formula is C22H26ClN3O3. The molecule has 2 aromatic rings. The summed E-state index contributed by atoms with van der Waals surface area (Å²) in [4.78, 5) is 28.4. The molecule has 7 heteroatoms. The predicted octanol–water partition coefficient (Wildman–Crippen LogP) is 2.22. The summed E-state index contributed by atoms with van der Waals surface area (Å²) >= 11 is 6.08. The number of amides is 2. The van der Waals surface area contributed by atoms with E-state index < -0.39 is 0 Å². The molecule has 0 spiro atoms. The van der Waals surface area contributed by atoms with Gasteiger partial charge in [-0.25, -0.2) is 0 Å². The Hall–Kier alpha value is -2.57. The molecule has 2 amide bonds. The van der Waals surface area contributed by atoms with Gasteiger partial charge in [0.25, 0.3) is 0 Å². The van der Waals surface area contributed by atoms with Crippen molar-refractivity contribution < 1.29 is 14.3 Å². The van der Waals surface area contributed by atoms with Crippen LogP contribution in [0.3, 0.4) is 0 Å². The van der Waals surface area contributed by atoms with Crippen molar-refractivity contribution in [2.24, 2.45) is 0 Å². The fraction of sp³-hybridized carbons (Fsp3) is 0.364. The minimum absolute atomic E-state index is 0.0429. The molecular weight excluding hydrogens is 390 g/mol. The largest absolute Gasteiger partial charge is 0.491 e. The Morgan fingerprint density at radius 2 is 1.66 bits per heavy atom. The van der Waals surface area contributed by atoms with E-state index in [0.29, 0.717) is 30.5 Å². The summed E-state index contributed by atoms with van der Waals surface area (Å²) in [5, 5.41) is 3.33. The minimum Gasteiger partial charge on any atom is -0.491 e. The van der Waals surface area contributed by atoms with Crippen LogP contribution in [0.1, 0.15) is 5.56 Å². The molecule has 0 aliphatic carbocycles. The topological polar surface area (TPSA) is 61.9 Å². The lowest BCUT2D eigenvalue weighted by Crippen LogP contribution is -2.51. The third kappa shape index (κ3) is 6.76. The number of hydrogen-bond acceptors (Lipinski definition) is 4. The molecule has 1 N–H and O–H groups in total. The van der Waals surface area contributed by atoms with Crippen LogP contribution in [0.15, 0.2) is 54.6 Å². The van der Waals surface area contributed by atoms with Crippen LogP contribution in [0.25, 0.3) is 0 Å². The summed E-state index contributed by atoms with van der Waals surface area (Å²) in [6.45, 7) is 4.25. The van der Waals surface area contributed by atoms with Crippen LogP contribution in [0.4, 0.5) is 0 Å². The monoisotopic (exact) mass is 415 g/mol. The first kappa shape index (κ1) is 21.1. The minimum atomic E-state index is -0.139. The average molecular weight is 416 g/mol. The van der Waals surface area contributed by atoms with Crippen molar-refractivity contribution in [2.75, 3.05) is 45.9 Å². The fourth-order valence-corrected chi connectivity index (χ4v) is 3.39. The molecule has 0 saturated carbocycles. The van der Waals surface area contributed by atoms with Crippen molar-refractivity contribution in [3.05, 3.63) is 65.2 Å². The number of nitrogens with zero attached hydrogens (tertiary/aromatic N) is 2. The van der Waals surface area contributed by atoms with Crippen molar-refractivity contribution in [1.29, 1.82) is 0 Å². The summed E-state index contributed by atoms with van der Waals surface area (Å²) in [7, 11) is 0. The Balaban J connectivity index is 1.32. The maximum atomic E-state index is 12.4. The Morgan fingerprint density at radius 1 is 0.966 bits per heavy atom. The number of nitrogens with one attached hydrogen (secondary N) is 1. The molecule has 1 aliphatic heterocycles. The molecule has 0 unspecified atom stereocenters. The van der Waals surface area contributed by atoms with Gasteiger partial charge in [0, 0.05) is 32.7 Å². The molecule has 0 bridgehead atoms. The fourth-order valence-electron chi connectivity index (χ4n) is 3.20. The molecule has 3 rings (SSSR count). The Kier molecular flexibility index (Phi) is 7.90. The number of rotatable bonds is 8. The van der Waals surface area contributed by atoms with Gasteiger partial charge in [0.1, 0.15) is 12.4 Å². The number of piperazine rings is 1. The summed E-state index contributed by atoms with van der Waals surface area (Å²) in [6, 6.07) is 16.9. The van der Waals surface area contributed by atoms with Crippen molar-refractivity contribution in [1.82, 2.24) is 15.1 Å². The molecule has 1 fully saturated rings. The quantitative estimate of drug-likeness (QED) is 0.718. The van der Waals surface area contributed by atoms with Crippen LogP contribution < -0.4 is 10.1 Å². The first-order chi connectivity index (χ1) is 14.1. The Bertz CT molecular complexity index is 808. The normalized spacial score (nSPS) is 14.4. The molecule has 154 valence electrons. The van der Waals surface area contributed by atoms with Gasteiger partial charge < -0.3 is 15.0 Å². The predicted molar refractivity (Wildman–Crippen MR) is 113 cm³/mol. The molecule has 2 aromatic carbocycles. The zero-order chi connectivity index (χ0) is 20.5. The van der Waals surface area contributed by atoms with Gasteiger partial charge >= 0.3 is 0 Å². The number of benzene rings is 2. The molecule has 6 nitrogen and oxygen atoms in total. The number of carbonyl (C=O) groups excluding carboxylic acids is 2. The summed E-state index contributed by atoms with van der Waals surface area (Å²) in [6.07, 6.45) is 0.285. The van der Waals surface area contributed by atoms with Crippen molar-refractivity contribution in [2.45, 2.75) is 6.42 Å². The van der Waals surface area contributed by atoms with E-state index in [0.717, 1.165) is 25.2 Å². The first-order valence-electron chi connectivity index (χ1n) is 9.80. The number of hydrogen-bond donors (Lipinski definition) is 1. The van der Waals surface area contributed by atoms with Crippen LogP contribution in [0, 0.1) is 0 Å². The highest BCUT2D eigenvalue weighted by molar-refractivity contribution is 6.32. The van der Waals surface area contributed by atoms with Gasteiger partial charge in [-0.2, -0.15) is 0 Å². The SMILES string of the molecule is O=C(Cc1ccccc1)NCC(=O)N1CCN(CCOc2ccccc2Cl)CC1. The van der Waals surface area contributed by atoms with E-state index in [2.05, 4.69) is 10.2 Å². The van der Waals surface area contributed by atoms with E-state index in [4.69, 9.17) is 16.3 Å². The second-order valence-corrected chi connectivity index (χ2v) is 7.35. The van der Waals surface area contributed by atoms with E-state index in [1.165, 1.54) is 0 Å². The summed E-state index contributed by atoms with van der Waals surface area (Å²) in [5.74, 6) is 0.507. The highest BCUT2D eigenvalue weighted by atomic mass is 35.5. The molecule has 1 heterocycles. The van der Waals surface area contributed by atoms with Gasteiger partial charge in [-0.1, -0.05) is 54.1 Å². The van der Waals surface area contributed by atoms with Gasteiger partial charge in [0.05, 0.1) is 18.0 Å². The highest BCUT2D eigenvalue weighted by Crippen LogP contribution is 2.22. The van der Waals surface area contributed by atoms with E-state index in [1.807, 2.05) is 48.5 Å². The maximum Gasteiger partial charge on any atom is 0.242 e. The molecule has 0 aromatic heterocycles. The van der Waals surface area contributed by atoms with Gasteiger partial charge in [-0.15, -0.1) is 0 Å². The number of para-hydroxylation sites is 1. The zero-order valence-corrected chi connectivity index (χ0v) is 17.1. The lowest BCUT2D eigenvalue weighted by molar-refractivity contribution is -0.134. The van der Waals surface area contributed by atoms with Crippen LogP contribution in [0.2, 0.25) is 5.02 Å². The lowest BCUT2D eigenvalue weighted by Gasteiger charge is -2.34. The van der Waals surface area contributed by atoms with Crippen LogP contribution >= 0.6 is 11.6 Å². The third-order valence-corrected chi connectivity index (χ3v) is 5.18. The van der Waals surface area contributed by atoms with E-state index in [9.17, 15) is 9.59 Å². The second kappa shape index (κ2) is 10.8. The third-order valence-electron chi connectivity index (χ3n) is 4.87. The van der Waals surface area contributed by atoms with Crippen molar-refractivity contribution in [3.8, 4) is 5.75 Å². The molecule has 0 radical (unpaired) electrons. The van der Waals surface area contributed by atoms with Crippen LogP contribution in [0.5, 0.6) is 5.75 Å². The van der Waals surface area contributed by atoms with Crippen LogP contribution in [-0.2, 0) is 16.0 Å². The van der Waals surface area contributed by atoms with E-state index in [1.54, 1.807) is 11.0 Å². The number of halogens is 1.